The highest BCUT2D eigenvalue weighted by atomic mass is 16.5. The lowest BCUT2D eigenvalue weighted by Gasteiger charge is -2.18. The summed E-state index contributed by atoms with van der Waals surface area (Å²) in [4.78, 5) is 30.3. The Hall–Kier alpha value is -3.47. The van der Waals surface area contributed by atoms with Crippen LogP contribution in [0.5, 0.6) is 5.75 Å². The summed E-state index contributed by atoms with van der Waals surface area (Å²) in [7, 11) is 1.71. The molecule has 0 aliphatic carbocycles. The monoisotopic (exact) mass is 360 g/mol. The zero-order chi connectivity index (χ0) is 19.4. The van der Waals surface area contributed by atoms with Crippen LogP contribution in [0.25, 0.3) is 0 Å². The molecule has 0 aliphatic rings. The molecule has 0 spiro atoms. The molecule has 136 valence electrons. The van der Waals surface area contributed by atoms with Crippen LogP contribution in [0.2, 0.25) is 0 Å². The van der Waals surface area contributed by atoms with E-state index in [2.05, 4.69) is 4.98 Å². The molecule has 0 saturated heterocycles. The second-order valence-electron chi connectivity index (χ2n) is 6.30. The maximum atomic E-state index is 12.6. The third kappa shape index (κ3) is 4.39. The van der Waals surface area contributed by atoms with E-state index >= 15 is 0 Å². The molecular weight excluding hydrogens is 340 g/mol. The molecule has 3 rings (SSSR count). The molecule has 1 aromatic heterocycles. The number of aromatic nitrogens is 1. The number of nitrogens with zero attached hydrogens (tertiary/aromatic N) is 2. The van der Waals surface area contributed by atoms with Gasteiger partial charge >= 0.3 is 5.97 Å². The summed E-state index contributed by atoms with van der Waals surface area (Å²) < 4.78 is 5.35. The van der Waals surface area contributed by atoms with Crippen molar-refractivity contribution >= 4 is 17.6 Å². The minimum Gasteiger partial charge on any atom is -0.423 e. The second kappa shape index (κ2) is 7.83. The summed E-state index contributed by atoms with van der Waals surface area (Å²) in [5.74, 6) is -0.176. The number of ether oxygens (including phenoxy) is 1. The minimum atomic E-state index is -0.473. The van der Waals surface area contributed by atoms with Gasteiger partial charge in [0.1, 0.15) is 5.75 Å². The van der Waals surface area contributed by atoms with E-state index in [0.29, 0.717) is 22.6 Å². The van der Waals surface area contributed by atoms with E-state index in [-0.39, 0.29) is 5.91 Å². The van der Waals surface area contributed by atoms with Gasteiger partial charge in [-0.25, -0.2) is 4.79 Å². The van der Waals surface area contributed by atoms with Gasteiger partial charge in [-0.05, 0) is 62.4 Å². The fraction of sp³-hybridized carbons (Fsp3) is 0.136. The van der Waals surface area contributed by atoms with Crippen LogP contribution in [0.1, 0.15) is 32.0 Å². The topological polar surface area (TPSA) is 59.5 Å². The highest BCUT2D eigenvalue weighted by Gasteiger charge is 2.14. The molecule has 27 heavy (non-hydrogen) atoms. The Balaban J connectivity index is 1.69. The summed E-state index contributed by atoms with van der Waals surface area (Å²) in [6.45, 7) is 3.83. The standard InChI is InChI=1S/C22H20N2O3/c1-15-4-7-17(8-5-15)21(25)24(3)19-10-12-20(13-11-19)27-22(26)18-9-6-16(2)23-14-18/h4-14H,1-3H3. The third-order valence-corrected chi connectivity index (χ3v) is 4.18. The Morgan fingerprint density at radius 1 is 0.852 bits per heavy atom. The quantitative estimate of drug-likeness (QED) is 0.517. The van der Waals surface area contributed by atoms with Gasteiger partial charge in [-0.2, -0.15) is 0 Å². The first kappa shape index (κ1) is 18.3. The number of carbonyl (C=O) groups excluding carboxylic acids is 2. The summed E-state index contributed by atoms with van der Waals surface area (Å²) in [6.07, 6.45) is 1.49. The maximum absolute atomic E-state index is 12.6. The van der Waals surface area contributed by atoms with Gasteiger partial charge in [-0.15, -0.1) is 0 Å². The van der Waals surface area contributed by atoms with Crippen LogP contribution in [0, 0.1) is 13.8 Å². The molecule has 0 bridgehead atoms. The Labute approximate surface area is 158 Å². The summed E-state index contributed by atoms with van der Waals surface area (Å²) in [6, 6.07) is 17.6. The van der Waals surface area contributed by atoms with E-state index < -0.39 is 5.97 Å². The van der Waals surface area contributed by atoms with Crippen LogP contribution in [0.15, 0.2) is 66.9 Å². The van der Waals surface area contributed by atoms with Gasteiger partial charge in [0.2, 0.25) is 0 Å². The molecule has 0 fully saturated rings. The van der Waals surface area contributed by atoms with E-state index in [9.17, 15) is 9.59 Å². The molecule has 0 unspecified atom stereocenters. The van der Waals surface area contributed by atoms with E-state index in [1.807, 2.05) is 26.0 Å². The fourth-order valence-corrected chi connectivity index (χ4v) is 2.50. The molecule has 1 heterocycles. The van der Waals surface area contributed by atoms with Gasteiger partial charge in [-0.3, -0.25) is 9.78 Å². The molecule has 5 heteroatoms. The van der Waals surface area contributed by atoms with Crippen molar-refractivity contribution in [3.63, 3.8) is 0 Å². The highest BCUT2D eigenvalue weighted by molar-refractivity contribution is 6.05. The van der Waals surface area contributed by atoms with Gasteiger partial charge in [0.25, 0.3) is 5.91 Å². The zero-order valence-electron chi connectivity index (χ0n) is 15.5. The Bertz CT molecular complexity index is 946. The van der Waals surface area contributed by atoms with Crippen molar-refractivity contribution in [2.45, 2.75) is 13.8 Å². The summed E-state index contributed by atoms with van der Waals surface area (Å²) >= 11 is 0. The maximum Gasteiger partial charge on any atom is 0.345 e. The highest BCUT2D eigenvalue weighted by Crippen LogP contribution is 2.21. The predicted molar refractivity (Wildman–Crippen MR) is 104 cm³/mol. The number of hydrogen-bond acceptors (Lipinski definition) is 4. The summed E-state index contributed by atoms with van der Waals surface area (Å²) in [5, 5.41) is 0. The first-order valence-corrected chi connectivity index (χ1v) is 8.53. The van der Waals surface area contributed by atoms with E-state index in [0.717, 1.165) is 11.3 Å². The van der Waals surface area contributed by atoms with Gasteiger partial charge in [-0.1, -0.05) is 17.7 Å². The normalized spacial score (nSPS) is 10.3. The fourth-order valence-electron chi connectivity index (χ4n) is 2.50. The number of anilines is 1. The van der Waals surface area contributed by atoms with Gasteiger partial charge < -0.3 is 9.64 Å². The van der Waals surface area contributed by atoms with Crippen LogP contribution >= 0.6 is 0 Å². The van der Waals surface area contributed by atoms with Gasteiger partial charge in [0.15, 0.2) is 0 Å². The van der Waals surface area contributed by atoms with Crippen LogP contribution in [-0.4, -0.2) is 23.9 Å². The number of esters is 1. The molecule has 3 aromatic rings. The number of aryl methyl sites for hydroxylation is 2. The van der Waals surface area contributed by atoms with Crippen LogP contribution in [0.4, 0.5) is 5.69 Å². The van der Waals surface area contributed by atoms with Crippen LogP contribution in [-0.2, 0) is 0 Å². The molecule has 0 atom stereocenters. The predicted octanol–water partition coefficient (Wildman–Crippen LogP) is 4.19. The number of rotatable bonds is 4. The number of amides is 1. The van der Waals surface area contributed by atoms with E-state index in [4.69, 9.17) is 4.74 Å². The lowest BCUT2D eigenvalue weighted by Crippen LogP contribution is -2.26. The molecular formula is C22H20N2O3. The largest absolute Gasteiger partial charge is 0.423 e. The lowest BCUT2D eigenvalue weighted by molar-refractivity contribution is 0.0734. The van der Waals surface area contributed by atoms with Crippen molar-refractivity contribution in [1.29, 1.82) is 0 Å². The smallest absolute Gasteiger partial charge is 0.345 e. The van der Waals surface area contributed by atoms with Crippen molar-refractivity contribution in [3.8, 4) is 5.75 Å². The Morgan fingerprint density at radius 2 is 1.48 bits per heavy atom. The first-order valence-electron chi connectivity index (χ1n) is 8.53. The van der Waals surface area contributed by atoms with E-state index in [1.165, 1.54) is 6.20 Å². The molecule has 0 radical (unpaired) electrons. The number of hydrogen-bond donors (Lipinski definition) is 0. The van der Waals surface area contributed by atoms with Crippen molar-refractivity contribution in [1.82, 2.24) is 4.98 Å². The lowest BCUT2D eigenvalue weighted by atomic mass is 10.1. The van der Waals surface area contributed by atoms with Crippen molar-refractivity contribution in [3.05, 3.63) is 89.2 Å². The number of pyridine rings is 1. The summed E-state index contributed by atoms with van der Waals surface area (Å²) in [5.41, 5.74) is 3.64. The molecule has 0 saturated carbocycles. The average molecular weight is 360 g/mol. The zero-order valence-corrected chi connectivity index (χ0v) is 15.5. The second-order valence-corrected chi connectivity index (χ2v) is 6.30. The molecule has 0 N–H and O–H groups in total. The first-order chi connectivity index (χ1) is 12.9. The van der Waals surface area contributed by atoms with Crippen molar-refractivity contribution in [2.75, 3.05) is 11.9 Å². The Kier molecular flexibility index (Phi) is 5.31. The molecule has 1 amide bonds. The van der Waals surface area contributed by atoms with Crippen molar-refractivity contribution < 1.29 is 14.3 Å². The number of carbonyl (C=O) groups is 2. The third-order valence-electron chi connectivity index (χ3n) is 4.18. The van der Waals surface area contributed by atoms with E-state index in [1.54, 1.807) is 60.5 Å². The van der Waals surface area contributed by atoms with Crippen molar-refractivity contribution in [2.24, 2.45) is 0 Å². The molecule has 2 aromatic carbocycles. The molecule has 5 nitrogen and oxygen atoms in total. The average Bonchev–Trinajstić information content (AvgIpc) is 2.68. The van der Waals surface area contributed by atoms with Crippen LogP contribution < -0.4 is 9.64 Å². The Morgan fingerprint density at radius 3 is 2.07 bits per heavy atom. The van der Waals surface area contributed by atoms with Gasteiger partial charge in [0, 0.05) is 30.2 Å². The van der Waals surface area contributed by atoms with Crippen LogP contribution in [0.3, 0.4) is 0 Å². The molecule has 0 aliphatic heterocycles. The van der Waals surface area contributed by atoms with Gasteiger partial charge in [0.05, 0.1) is 5.56 Å². The SMILES string of the molecule is Cc1ccc(C(=O)N(C)c2ccc(OC(=O)c3ccc(C)nc3)cc2)cc1. The number of benzene rings is 2. The minimum absolute atomic E-state index is 0.106.